The van der Waals surface area contributed by atoms with Crippen molar-refractivity contribution in [3.05, 3.63) is 70.3 Å². The summed E-state index contributed by atoms with van der Waals surface area (Å²) in [6, 6.07) is 12.5. The van der Waals surface area contributed by atoms with Gasteiger partial charge in [-0.3, -0.25) is 19.3 Å². The predicted octanol–water partition coefficient (Wildman–Crippen LogP) is 3.77. The van der Waals surface area contributed by atoms with Crippen molar-refractivity contribution < 1.29 is 14.4 Å². The van der Waals surface area contributed by atoms with Crippen molar-refractivity contribution in [3.63, 3.8) is 0 Å². The number of carbonyl (C=O) groups excluding carboxylic acids is 3. The summed E-state index contributed by atoms with van der Waals surface area (Å²) >= 11 is 3.57. The third-order valence-electron chi connectivity index (χ3n) is 5.07. The molecule has 4 rings (SSSR count). The van der Waals surface area contributed by atoms with Gasteiger partial charge in [0.25, 0.3) is 11.8 Å². The van der Waals surface area contributed by atoms with Gasteiger partial charge in [-0.25, -0.2) is 0 Å². The Bertz CT molecular complexity index is 901. The molecule has 1 atom stereocenters. The maximum absolute atomic E-state index is 12.5. The van der Waals surface area contributed by atoms with Crippen LogP contribution in [0, 0.1) is 0 Å². The predicted molar refractivity (Wildman–Crippen MR) is 97.1 cm³/mol. The molecule has 1 unspecified atom stereocenters. The summed E-state index contributed by atoms with van der Waals surface area (Å²) in [6.45, 7) is 2.20. The zero-order valence-electron chi connectivity index (χ0n) is 13.7. The second-order valence-electron chi connectivity index (χ2n) is 6.56. The van der Waals surface area contributed by atoms with Gasteiger partial charge in [0.15, 0.2) is 5.78 Å². The van der Waals surface area contributed by atoms with E-state index in [9.17, 15) is 14.4 Å². The first-order valence-electron chi connectivity index (χ1n) is 8.25. The fourth-order valence-electron chi connectivity index (χ4n) is 3.59. The first-order chi connectivity index (χ1) is 11.9. The molecule has 2 amide bonds. The molecule has 0 saturated carbocycles. The van der Waals surface area contributed by atoms with Crippen LogP contribution in [0.3, 0.4) is 0 Å². The lowest BCUT2D eigenvalue weighted by atomic mass is 10.0. The van der Waals surface area contributed by atoms with E-state index >= 15 is 0 Å². The Morgan fingerprint density at radius 2 is 1.64 bits per heavy atom. The van der Waals surface area contributed by atoms with Crippen LogP contribution in [0.4, 0.5) is 0 Å². The molecule has 4 nitrogen and oxygen atoms in total. The molecule has 1 heterocycles. The second-order valence-corrected chi connectivity index (χ2v) is 8.08. The van der Waals surface area contributed by atoms with Crippen LogP contribution in [0.1, 0.15) is 55.5 Å². The molecule has 1 aliphatic heterocycles. The van der Waals surface area contributed by atoms with Gasteiger partial charge in [0.2, 0.25) is 0 Å². The summed E-state index contributed by atoms with van der Waals surface area (Å²) < 4.78 is -0.524. The van der Waals surface area contributed by atoms with Crippen LogP contribution in [-0.4, -0.2) is 26.8 Å². The number of Topliss-reactive ketones (excluding diaryl/α,β-unsaturated/α-hetero) is 1. The molecular formula is C20H16BrNO3. The van der Waals surface area contributed by atoms with Gasteiger partial charge in [-0.2, -0.15) is 0 Å². The van der Waals surface area contributed by atoms with Crippen molar-refractivity contribution >= 4 is 33.5 Å². The molecule has 0 fully saturated rings. The maximum atomic E-state index is 12.5. The zero-order chi connectivity index (χ0) is 17.8. The standard InChI is InChI=1S/C20H16BrNO3/c1-2-20(21)10-13-9-12(7-8-14(13)17(20)23)11-22-18(24)15-5-3-4-6-16(15)19(22)25/h3-9H,2,10-11H2,1H3. The minimum atomic E-state index is -0.524. The molecule has 2 aromatic rings. The van der Waals surface area contributed by atoms with Crippen molar-refractivity contribution in [1.29, 1.82) is 0 Å². The summed E-state index contributed by atoms with van der Waals surface area (Å²) in [5.41, 5.74) is 3.46. The van der Waals surface area contributed by atoms with Crippen molar-refractivity contribution in [2.45, 2.75) is 30.6 Å². The molecule has 126 valence electrons. The molecule has 0 bridgehead atoms. The molecule has 2 aliphatic rings. The van der Waals surface area contributed by atoms with Gasteiger partial charge < -0.3 is 0 Å². The number of fused-ring (bicyclic) bond motifs is 2. The summed E-state index contributed by atoms with van der Waals surface area (Å²) in [5.74, 6) is -0.418. The van der Waals surface area contributed by atoms with Gasteiger partial charge in [0, 0.05) is 5.56 Å². The lowest BCUT2D eigenvalue weighted by Crippen LogP contribution is -2.29. The van der Waals surface area contributed by atoms with Gasteiger partial charge in [-0.15, -0.1) is 0 Å². The minimum Gasteiger partial charge on any atom is -0.293 e. The van der Waals surface area contributed by atoms with Crippen molar-refractivity contribution in [1.82, 2.24) is 4.90 Å². The molecular weight excluding hydrogens is 382 g/mol. The van der Waals surface area contributed by atoms with Crippen molar-refractivity contribution in [2.24, 2.45) is 0 Å². The molecule has 5 heteroatoms. The number of hydrogen-bond acceptors (Lipinski definition) is 3. The number of nitrogens with zero attached hydrogens (tertiary/aromatic N) is 1. The van der Waals surface area contributed by atoms with Crippen molar-refractivity contribution in [3.8, 4) is 0 Å². The number of hydrogen-bond donors (Lipinski definition) is 0. The Morgan fingerprint density at radius 3 is 2.24 bits per heavy atom. The van der Waals surface area contributed by atoms with Gasteiger partial charge in [0.05, 0.1) is 22.0 Å². The Hall–Kier alpha value is -2.27. The number of rotatable bonds is 3. The highest BCUT2D eigenvalue weighted by Gasteiger charge is 2.42. The number of halogens is 1. The smallest absolute Gasteiger partial charge is 0.261 e. The van der Waals surface area contributed by atoms with Crippen LogP contribution in [0.25, 0.3) is 0 Å². The lowest BCUT2D eigenvalue weighted by Gasteiger charge is -2.16. The topological polar surface area (TPSA) is 54.5 Å². The molecule has 1 aliphatic carbocycles. The van der Waals surface area contributed by atoms with Crippen LogP contribution in [0.15, 0.2) is 42.5 Å². The number of ketones is 1. The monoisotopic (exact) mass is 397 g/mol. The fraction of sp³-hybridized carbons (Fsp3) is 0.250. The first kappa shape index (κ1) is 16.2. The van der Waals surface area contributed by atoms with Crippen LogP contribution < -0.4 is 0 Å². The van der Waals surface area contributed by atoms with E-state index in [1.54, 1.807) is 24.3 Å². The molecule has 0 N–H and O–H groups in total. The fourth-order valence-corrected chi connectivity index (χ4v) is 4.10. The van der Waals surface area contributed by atoms with Crippen LogP contribution in [-0.2, 0) is 13.0 Å². The average molecular weight is 398 g/mol. The van der Waals surface area contributed by atoms with E-state index in [4.69, 9.17) is 0 Å². The molecule has 2 aromatic carbocycles. The molecule has 0 aromatic heterocycles. The van der Waals surface area contributed by atoms with E-state index in [0.29, 0.717) is 24.0 Å². The lowest BCUT2D eigenvalue weighted by molar-refractivity contribution is 0.0642. The number of amides is 2. The summed E-state index contributed by atoms with van der Waals surface area (Å²) in [6.07, 6.45) is 1.35. The average Bonchev–Trinajstić information content (AvgIpc) is 3.02. The highest BCUT2D eigenvalue weighted by molar-refractivity contribution is 9.10. The van der Waals surface area contributed by atoms with E-state index in [1.165, 1.54) is 4.90 Å². The normalized spacial score (nSPS) is 21.7. The summed E-state index contributed by atoms with van der Waals surface area (Å²) in [4.78, 5) is 38.7. The summed E-state index contributed by atoms with van der Waals surface area (Å²) in [5, 5.41) is 0. The number of benzene rings is 2. The van der Waals surface area contributed by atoms with Gasteiger partial charge >= 0.3 is 0 Å². The minimum absolute atomic E-state index is 0.109. The first-order valence-corrected chi connectivity index (χ1v) is 9.04. The van der Waals surface area contributed by atoms with E-state index in [1.807, 2.05) is 25.1 Å². The van der Waals surface area contributed by atoms with Crippen LogP contribution >= 0.6 is 15.9 Å². The molecule has 0 spiro atoms. The quantitative estimate of drug-likeness (QED) is 0.585. The Morgan fingerprint density at radius 1 is 1.00 bits per heavy atom. The molecule has 25 heavy (non-hydrogen) atoms. The van der Waals surface area contributed by atoms with Gasteiger partial charge in [-0.1, -0.05) is 53.2 Å². The maximum Gasteiger partial charge on any atom is 0.261 e. The zero-order valence-corrected chi connectivity index (χ0v) is 15.3. The van der Waals surface area contributed by atoms with Crippen molar-refractivity contribution in [2.75, 3.05) is 0 Å². The van der Waals surface area contributed by atoms with E-state index in [2.05, 4.69) is 15.9 Å². The molecule has 0 saturated heterocycles. The highest BCUT2D eigenvalue weighted by Crippen LogP contribution is 2.39. The second kappa shape index (κ2) is 5.63. The highest BCUT2D eigenvalue weighted by atomic mass is 79.9. The van der Waals surface area contributed by atoms with E-state index < -0.39 is 4.32 Å². The van der Waals surface area contributed by atoms with E-state index in [-0.39, 0.29) is 24.1 Å². The summed E-state index contributed by atoms with van der Waals surface area (Å²) in [7, 11) is 0. The Balaban J connectivity index is 1.63. The SMILES string of the molecule is CCC1(Br)Cc2cc(CN3C(=O)c4ccccc4C3=O)ccc2C1=O. The number of imide groups is 1. The Labute approximate surface area is 154 Å². The van der Waals surface area contributed by atoms with Gasteiger partial charge in [-0.05, 0) is 36.1 Å². The van der Waals surface area contributed by atoms with E-state index in [0.717, 1.165) is 16.7 Å². The number of carbonyl (C=O) groups is 3. The third kappa shape index (κ3) is 2.37. The Kier molecular flexibility index (Phi) is 3.65. The molecule has 0 radical (unpaired) electrons. The largest absolute Gasteiger partial charge is 0.293 e. The number of alkyl halides is 1. The third-order valence-corrected chi connectivity index (χ3v) is 6.27. The van der Waals surface area contributed by atoms with Crippen LogP contribution in [0.5, 0.6) is 0 Å². The van der Waals surface area contributed by atoms with Crippen LogP contribution in [0.2, 0.25) is 0 Å². The van der Waals surface area contributed by atoms with Gasteiger partial charge in [0.1, 0.15) is 0 Å².